The summed E-state index contributed by atoms with van der Waals surface area (Å²) in [4.78, 5) is 8.73. The van der Waals surface area contributed by atoms with Gasteiger partial charge in [-0.1, -0.05) is 12.1 Å². The largest absolute Gasteiger partial charge is 0.479 e. The fraction of sp³-hybridized carbons (Fsp3) is 0.250. The number of aryl methyl sites for hydroxylation is 2. The number of anilines is 1. The average molecular weight is 486 g/mol. The van der Waals surface area contributed by atoms with Crippen LogP contribution in [0.3, 0.4) is 0 Å². The molecule has 0 spiro atoms. The van der Waals surface area contributed by atoms with Crippen molar-refractivity contribution < 1.29 is 22.3 Å². The van der Waals surface area contributed by atoms with E-state index in [1.165, 1.54) is 19.2 Å². The second-order valence-electron chi connectivity index (χ2n) is 7.98. The van der Waals surface area contributed by atoms with Gasteiger partial charge in [0.15, 0.2) is 5.82 Å². The Morgan fingerprint density at radius 3 is 2.46 bits per heavy atom. The number of rotatable bonds is 6. The second kappa shape index (κ2) is 9.32. The normalized spacial score (nSPS) is 12.5. The van der Waals surface area contributed by atoms with Gasteiger partial charge in [-0.3, -0.25) is 0 Å². The second-order valence-corrected chi connectivity index (χ2v) is 7.98. The molecule has 3 heterocycles. The van der Waals surface area contributed by atoms with Crippen molar-refractivity contribution in [1.29, 1.82) is 0 Å². The Balaban J connectivity index is 1.59. The van der Waals surface area contributed by atoms with Crippen LogP contribution >= 0.6 is 0 Å². The van der Waals surface area contributed by atoms with Gasteiger partial charge in [0, 0.05) is 11.8 Å². The zero-order valence-corrected chi connectivity index (χ0v) is 19.4. The van der Waals surface area contributed by atoms with Gasteiger partial charge in [-0.2, -0.15) is 13.2 Å². The Hall–Kier alpha value is -4.02. The standard InChI is InChI=1S/C24H22F4N6O/c1-13-10-19(18-8-9-20(23(31-18)35-4)34-11-14(2)29-12-34)32-33-22(13)30-15(3)16-6-5-7-17(21(16)25)24(26,27)28/h5-12,15H,1-4H3,(H,30,33). The minimum atomic E-state index is -4.78. The molecule has 1 atom stereocenters. The predicted molar refractivity (Wildman–Crippen MR) is 122 cm³/mol. The summed E-state index contributed by atoms with van der Waals surface area (Å²) < 4.78 is 60.9. The van der Waals surface area contributed by atoms with Crippen LogP contribution < -0.4 is 10.1 Å². The van der Waals surface area contributed by atoms with Gasteiger partial charge in [-0.25, -0.2) is 14.4 Å². The third kappa shape index (κ3) is 4.93. The highest BCUT2D eigenvalue weighted by molar-refractivity contribution is 5.61. The van der Waals surface area contributed by atoms with Crippen LogP contribution in [0.15, 0.2) is 48.9 Å². The highest BCUT2D eigenvalue weighted by Crippen LogP contribution is 2.35. The van der Waals surface area contributed by atoms with Crippen LogP contribution in [0.2, 0.25) is 0 Å². The molecule has 0 aliphatic carbocycles. The maximum absolute atomic E-state index is 14.5. The maximum Gasteiger partial charge on any atom is 0.419 e. The smallest absolute Gasteiger partial charge is 0.419 e. The molecule has 11 heteroatoms. The number of imidazole rings is 1. The van der Waals surface area contributed by atoms with Gasteiger partial charge >= 0.3 is 6.18 Å². The van der Waals surface area contributed by atoms with E-state index in [0.717, 1.165) is 5.69 Å². The SMILES string of the molecule is COc1nc(-c2cc(C)c(NC(C)c3cccc(C(F)(F)F)c3F)nn2)ccc1-n1cnc(C)c1. The first-order valence-electron chi connectivity index (χ1n) is 10.6. The van der Waals surface area contributed by atoms with E-state index in [9.17, 15) is 17.6 Å². The molecule has 1 aromatic carbocycles. The van der Waals surface area contributed by atoms with E-state index < -0.39 is 23.6 Å². The van der Waals surface area contributed by atoms with Crippen LogP contribution in [0.4, 0.5) is 23.4 Å². The summed E-state index contributed by atoms with van der Waals surface area (Å²) in [6, 6.07) is 7.73. The molecular weight excluding hydrogens is 464 g/mol. The first-order valence-corrected chi connectivity index (χ1v) is 10.6. The van der Waals surface area contributed by atoms with Crippen molar-refractivity contribution in [2.75, 3.05) is 12.4 Å². The van der Waals surface area contributed by atoms with E-state index in [-0.39, 0.29) is 5.56 Å². The van der Waals surface area contributed by atoms with E-state index in [1.807, 2.05) is 19.2 Å². The van der Waals surface area contributed by atoms with Crippen LogP contribution in [-0.2, 0) is 6.18 Å². The molecule has 1 N–H and O–H groups in total. The van der Waals surface area contributed by atoms with Crippen LogP contribution in [-0.4, -0.2) is 31.8 Å². The monoisotopic (exact) mass is 486 g/mol. The van der Waals surface area contributed by atoms with Crippen molar-refractivity contribution in [3.05, 3.63) is 77.1 Å². The molecule has 0 saturated heterocycles. The third-order valence-electron chi connectivity index (χ3n) is 5.42. The van der Waals surface area contributed by atoms with Gasteiger partial charge in [-0.15, -0.1) is 10.2 Å². The third-order valence-corrected chi connectivity index (χ3v) is 5.42. The van der Waals surface area contributed by atoms with Crippen molar-refractivity contribution in [2.45, 2.75) is 33.0 Å². The molecule has 0 aliphatic rings. The fourth-order valence-electron chi connectivity index (χ4n) is 3.61. The van der Waals surface area contributed by atoms with Crippen LogP contribution in [0.25, 0.3) is 17.1 Å². The Bertz CT molecular complexity index is 1370. The van der Waals surface area contributed by atoms with Gasteiger partial charge in [0.2, 0.25) is 5.88 Å². The summed E-state index contributed by atoms with van der Waals surface area (Å²) in [5.74, 6) is -0.627. The van der Waals surface area contributed by atoms with Crippen molar-refractivity contribution in [1.82, 2.24) is 24.7 Å². The number of benzene rings is 1. The lowest BCUT2D eigenvalue weighted by Crippen LogP contribution is -2.15. The number of aromatic nitrogens is 5. The van der Waals surface area contributed by atoms with Gasteiger partial charge in [-0.05, 0) is 50.6 Å². The number of halogens is 4. The highest BCUT2D eigenvalue weighted by atomic mass is 19.4. The molecule has 4 rings (SSSR count). The molecule has 0 fully saturated rings. The van der Waals surface area contributed by atoms with Crippen molar-refractivity contribution >= 4 is 5.82 Å². The number of nitrogens with zero attached hydrogens (tertiary/aromatic N) is 5. The van der Waals surface area contributed by atoms with E-state index in [4.69, 9.17) is 4.74 Å². The minimum Gasteiger partial charge on any atom is -0.479 e. The summed E-state index contributed by atoms with van der Waals surface area (Å²) in [5, 5.41) is 11.3. The summed E-state index contributed by atoms with van der Waals surface area (Å²) in [6.07, 6.45) is -1.27. The molecule has 7 nitrogen and oxygen atoms in total. The number of methoxy groups -OCH3 is 1. The van der Waals surface area contributed by atoms with Crippen LogP contribution in [0.1, 0.15) is 35.3 Å². The quantitative estimate of drug-likeness (QED) is 0.353. The van der Waals surface area contributed by atoms with E-state index >= 15 is 0 Å². The van der Waals surface area contributed by atoms with Gasteiger partial charge in [0.25, 0.3) is 0 Å². The number of hydrogen-bond acceptors (Lipinski definition) is 6. The Labute approximate surface area is 198 Å². The molecule has 182 valence electrons. The number of alkyl halides is 3. The van der Waals surface area contributed by atoms with Crippen molar-refractivity contribution in [3.8, 4) is 23.0 Å². The van der Waals surface area contributed by atoms with Crippen molar-refractivity contribution in [2.24, 2.45) is 0 Å². The lowest BCUT2D eigenvalue weighted by atomic mass is 10.0. The molecule has 0 amide bonds. The summed E-state index contributed by atoms with van der Waals surface area (Å²) in [5.41, 5.74) is 1.76. The van der Waals surface area contributed by atoms with E-state index in [1.54, 1.807) is 36.9 Å². The summed E-state index contributed by atoms with van der Waals surface area (Å²) in [7, 11) is 1.51. The highest BCUT2D eigenvalue weighted by Gasteiger charge is 2.35. The first-order chi connectivity index (χ1) is 16.6. The summed E-state index contributed by atoms with van der Waals surface area (Å²) >= 11 is 0. The lowest BCUT2D eigenvalue weighted by molar-refractivity contribution is -0.140. The topological polar surface area (TPSA) is 77.8 Å². The lowest BCUT2D eigenvalue weighted by Gasteiger charge is -2.19. The zero-order chi connectivity index (χ0) is 25.3. The molecule has 35 heavy (non-hydrogen) atoms. The molecule has 0 radical (unpaired) electrons. The molecule has 0 saturated carbocycles. The van der Waals surface area contributed by atoms with Gasteiger partial charge in [0.1, 0.15) is 17.2 Å². The molecule has 1 unspecified atom stereocenters. The number of pyridine rings is 1. The molecule has 0 aliphatic heterocycles. The molecule has 4 aromatic rings. The Morgan fingerprint density at radius 2 is 1.83 bits per heavy atom. The molecule has 0 bridgehead atoms. The number of hydrogen-bond donors (Lipinski definition) is 1. The Kier molecular flexibility index (Phi) is 6.42. The van der Waals surface area contributed by atoms with E-state index in [0.29, 0.717) is 40.4 Å². The van der Waals surface area contributed by atoms with Gasteiger partial charge < -0.3 is 14.6 Å². The maximum atomic E-state index is 14.5. The van der Waals surface area contributed by atoms with Crippen LogP contribution in [0.5, 0.6) is 5.88 Å². The number of ether oxygens (including phenoxy) is 1. The first kappa shape index (κ1) is 24.1. The van der Waals surface area contributed by atoms with Crippen LogP contribution in [0, 0.1) is 19.7 Å². The average Bonchev–Trinajstić information content (AvgIpc) is 3.25. The molecule has 3 aromatic heterocycles. The fourth-order valence-corrected chi connectivity index (χ4v) is 3.61. The predicted octanol–water partition coefficient (Wildman–Crippen LogP) is 5.68. The number of nitrogens with one attached hydrogen (secondary N) is 1. The van der Waals surface area contributed by atoms with Crippen molar-refractivity contribution in [3.63, 3.8) is 0 Å². The summed E-state index contributed by atoms with van der Waals surface area (Å²) in [6.45, 7) is 5.19. The Morgan fingerprint density at radius 1 is 1.06 bits per heavy atom. The minimum absolute atomic E-state index is 0.123. The van der Waals surface area contributed by atoms with Gasteiger partial charge in [0.05, 0.1) is 36.4 Å². The molecular formula is C24H22F4N6O. The zero-order valence-electron chi connectivity index (χ0n) is 19.4. The van der Waals surface area contributed by atoms with E-state index in [2.05, 4.69) is 25.5 Å².